The minimum Gasteiger partial charge on any atom is -0.379 e. The van der Waals surface area contributed by atoms with E-state index in [1.807, 2.05) is 0 Å². The Morgan fingerprint density at radius 3 is 2.14 bits per heavy atom. The number of carbonyl (C=O) groups excluding carboxylic acids is 1. The molecule has 2 amide bonds. The molecule has 3 fully saturated rings. The van der Waals surface area contributed by atoms with Gasteiger partial charge in [0, 0.05) is 50.8 Å². The smallest absolute Gasteiger partial charge is 0.314 e. The first-order valence-corrected chi connectivity index (χ1v) is 11.3. The summed E-state index contributed by atoms with van der Waals surface area (Å²) in [4.78, 5) is 17.6. The van der Waals surface area contributed by atoms with E-state index in [9.17, 15) is 4.79 Å². The molecule has 1 atom stereocenters. The van der Waals surface area contributed by atoms with Gasteiger partial charge in [-0.15, -0.1) is 0 Å². The molecule has 7 nitrogen and oxygen atoms in total. The Kier molecular flexibility index (Phi) is 8.38. The van der Waals surface area contributed by atoms with E-state index in [-0.39, 0.29) is 11.6 Å². The van der Waals surface area contributed by atoms with E-state index in [4.69, 9.17) is 9.47 Å². The molecule has 0 radical (unpaired) electrons. The summed E-state index contributed by atoms with van der Waals surface area (Å²) < 4.78 is 11.0. The number of hydrogen-bond donors (Lipinski definition) is 2. The lowest BCUT2D eigenvalue weighted by molar-refractivity contribution is -0.0357. The minimum absolute atomic E-state index is 0.0304. The van der Waals surface area contributed by atoms with Crippen LogP contribution in [0.1, 0.15) is 46.0 Å². The number of nitrogens with one attached hydrogen (secondary N) is 2. The quantitative estimate of drug-likeness (QED) is 0.685. The third kappa shape index (κ3) is 5.81. The van der Waals surface area contributed by atoms with Gasteiger partial charge in [0.15, 0.2) is 0 Å². The Morgan fingerprint density at radius 1 is 0.929 bits per heavy atom. The summed E-state index contributed by atoms with van der Waals surface area (Å²) in [6, 6.07) is 0.328. The summed E-state index contributed by atoms with van der Waals surface area (Å²) in [7, 11) is 0. The van der Waals surface area contributed by atoms with E-state index >= 15 is 0 Å². The van der Waals surface area contributed by atoms with Gasteiger partial charge in [-0.2, -0.15) is 0 Å². The zero-order valence-electron chi connectivity index (χ0n) is 17.9. The van der Waals surface area contributed by atoms with Crippen LogP contribution in [0.5, 0.6) is 0 Å². The van der Waals surface area contributed by atoms with Crippen molar-refractivity contribution in [3.63, 3.8) is 0 Å². The maximum Gasteiger partial charge on any atom is 0.314 e. The number of amides is 2. The summed E-state index contributed by atoms with van der Waals surface area (Å²) >= 11 is 0. The van der Waals surface area contributed by atoms with E-state index in [2.05, 4.69) is 34.3 Å². The first kappa shape index (κ1) is 21.8. The molecule has 2 aliphatic heterocycles. The first-order valence-electron chi connectivity index (χ1n) is 11.3. The van der Waals surface area contributed by atoms with Crippen LogP contribution in [0.4, 0.5) is 4.79 Å². The number of urea groups is 1. The van der Waals surface area contributed by atoms with E-state index in [1.54, 1.807) is 0 Å². The summed E-state index contributed by atoms with van der Waals surface area (Å²) in [6.07, 6.45) is 6.18. The van der Waals surface area contributed by atoms with Crippen molar-refractivity contribution in [1.82, 2.24) is 20.4 Å². The molecule has 7 heteroatoms. The molecular formula is C21H40N4O3. The topological polar surface area (TPSA) is 66.1 Å². The summed E-state index contributed by atoms with van der Waals surface area (Å²) in [5.41, 5.74) is 0.112. The highest BCUT2D eigenvalue weighted by Gasteiger charge is 2.38. The second kappa shape index (κ2) is 10.8. The second-order valence-corrected chi connectivity index (χ2v) is 8.91. The normalized spacial score (nSPS) is 25.4. The van der Waals surface area contributed by atoms with Gasteiger partial charge in [0.25, 0.3) is 0 Å². The van der Waals surface area contributed by atoms with Crippen molar-refractivity contribution >= 4 is 6.03 Å². The van der Waals surface area contributed by atoms with Crippen LogP contribution in [0.25, 0.3) is 0 Å². The van der Waals surface area contributed by atoms with Gasteiger partial charge < -0.3 is 20.1 Å². The van der Waals surface area contributed by atoms with Crippen LogP contribution in [0.3, 0.4) is 0 Å². The molecule has 3 aliphatic rings. The minimum atomic E-state index is -0.0304. The second-order valence-electron chi connectivity index (χ2n) is 8.91. The third-order valence-electron chi connectivity index (χ3n) is 6.80. The Morgan fingerprint density at radius 2 is 1.54 bits per heavy atom. The molecule has 0 spiro atoms. The van der Waals surface area contributed by atoms with Crippen molar-refractivity contribution in [3.8, 4) is 0 Å². The molecule has 1 saturated carbocycles. The number of carbonyl (C=O) groups is 1. The van der Waals surface area contributed by atoms with Crippen molar-refractivity contribution in [2.45, 2.75) is 57.5 Å². The Hall–Kier alpha value is -0.890. The Labute approximate surface area is 170 Å². The van der Waals surface area contributed by atoms with E-state index in [0.717, 1.165) is 59.2 Å². The van der Waals surface area contributed by atoms with Crippen LogP contribution in [0, 0.1) is 5.92 Å². The average molecular weight is 397 g/mol. The molecule has 28 heavy (non-hydrogen) atoms. The molecule has 2 heterocycles. The first-order chi connectivity index (χ1) is 13.6. The van der Waals surface area contributed by atoms with Gasteiger partial charge in [-0.05, 0) is 18.8 Å². The van der Waals surface area contributed by atoms with Gasteiger partial charge in [0.05, 0.1) is 26.4 Å². The molecule has 0 aromatic rings. The predicted molar refractivity (Wildman–Crippen MR) is 111 cm³/mol. The van der Waals surface area contributed by atoms with E-state index in [1.165, 1.54) is 32.1 Å². The largest absolute Gasteiger partial charge is 0.379 e. The maximum atomic E-state index is 12.6. The number of morpholine rings is 2. The van der Waals surface area contributed by atoms with Crippen molar-refractivity contribution in [2.24, 2.45) is 5.92 Å². The molecule has 2 N–H and O–H groups in total. The zero-order valence-corrected chi connectivity index (χ0v) is 17.9. The lowest BCUT2D eigenvalue weighted by Crippen LogP contribution is -2.60. The van der Waals surface area contributed by atoms with Gasteiger partial charge in [-0.1, -0.05) is 33.1 Å². The van der Waals surface area contributed by atoms with Crippen molar-refractivity contribution in [3.05, 3.63) is 0 Å². The maximum absolute atomic E-state index is 12.6. The van der Waals surface area contributed by atoms with Crippen molar-refractivity contribution in [1.29, 1.82) is 0 Å². The van der Waals surface area contributed by atoms with Crippen LogP contribution in [0.15, 0.2) is 0 Å². The standard InChI is InChI=1S/C21H40N4O3/c1-18(2)19(24-8-12-27-13-9-24)16-22-20(26)23-17-21(6-4-3-5-7-21)25-10-14-28-15-11-25/h18-19H,3-17H2,1-2H3,(H2,22,23,26). The van der Waals surface area contributed by atoms with Crippen molar-refractivity contribution < 1.29 is 14.3 Å². The third-order valence-corrected chi connectivity index (χ3v) is 6.80. The Bertz CT molecular complexity index is 470. The summed E-state index contributed by atoms with van der Waals surface area (Å²) in [5.74, 6) is 0.497. The number of rotatable bonds is 7. The molecule has 162 valence electrons. The van der Waals surface area contributed by atoms with Crippen LogP contribution in [-0.4, -0.2) is 93.1 Å². The highest BCUT2D eigenvalue weighted by molar-refractivity contribution is 5.74. The highest BCUT2D eigenvalue weighted by atomic mass is 16.5. The van der Waals surface area contributed by atoms with Gasteiger partial charge in [-0.3, -0.25) is 9.80 Å². The summed E-state index contributed by atoms with van der Waals surface area (Å²) in [6.45, 7) is 13.0. The molecule has 0 aromatic heterocycles. The van der Waals surface area contributed by atoms with Crippen LogP contribution >= 0.6 is 0 Å². The fourth-order valence-corrected chi connectivity index (χ4v) is 5.05. The number of hydrogen-bond acceptors (Lipinski definition) is 5. The SMILES string of the molecule is CC(C)C(CNC(=O)NCC1(N2CCOCC2)CCCCC1)N1CCOCC1. The monoisotopic (exact) mass is 396 g/mol. The Balaban J connectivity index is 1.49. The average Bonchev–Trinajstić information content (AvgIpc) is 2.74. The van der Waals surface area contributed by atoms with Gasteiger partial charge in [0.1, 0.15) is 0 Å². The van der Waals surface area contributed by atoms with Crippen LogP contribution in [0.2, 0.25) is 0 Å². The zero-order chi connectivity index (χ0) is 19.8. The van der Waals surface area contributed by atoms with Crippen LogP contribution < -0.4 is 10.6 Å². The van der Waals surface area contributed by atoms with Crippen LogP contribution in [-0.2, 0) is 9.47 Å². The molecular weight excluding hydrogens is 356 g/mol. The summed E-state index contributed by atoms with van der Waals surface area (Å²) in [5, 5.41) is 6.36. The molecule has 3 rings (SSSR count). The van der Waals surface area contributed by atoms with E-state index < -0.39 is 0 Å². The van der Waals surface area contributed by atoms with Gasteiger partial charge >= 0.3 is 6.03 Å². The lowest BCUT2D eigenvalue weighted by atomic mass is 9.80. The number of ether oxygens (including phenoxy) is 2. The fourth-order valence-electron chi connectivity index (χ4n) is 5.05. The predicted octanol–water partition coefficient (Wildman–Crippen LogP) is 1.68. The molecule has 0 aromatic carbocycles. The van der Waals surface area contributed by atoms with E-state index in [0.29, 0.717) is 18.5 Å². The molecule has 2 saturated heterocycles. The number of nitrogens with zero attached hydrogens (tertiary/aromatic N) is 2. The fraction of sp³-hybridized carbons (Fsp3) is 0.952. The lowest BCUT2D eigenvalue weighted by Gasteiger charge is -2.48. The molecule has 1 aliphatic carbocycles. The van der Waals surface area contributed by atoms with Gasteiger partial charge in [0.2, 0.25) is 0 Å². The highest BCUT2D eigenvalue weighted by Crippen LogP contribution is 2.33. The molecule has 0 bridgehead atoms. The van der Waals surface area contributed by atoms with Gasteiger partial charge in [-0.25, -0.2) is 4.79 Å². The van der Waals surface area contributed by atoms with Crippen molar-refractivity contribution in [2.75, 3.05) is 65.7 Å². The molecule has 1 unspecified atom stereocenters.